The zero-order valence-electron chi connectivity index (χ0n) is 16.6. The maximum atomic E-state index is 14.3. The van der Waals surface area contributed by atoms with Crippen molar-refractivity contribution >= 4 is 17.2 Å². The molecule has 3 heterocycles. The van der Waals surface area contributed by atoms with Crippen LogP contribution in [0.5, 0.6) is 5.75 Å². The number of hydrogen-bond donors (Lipinski definition) is 2. The zero-order valence-corrected chi connectivity index (χ0v) is 16.6. The van der Waals surface area contributed by atoms with Crippen LogP contribution in [0, 0.1) is 5.82 Å². The molecule has 2 aliphatic heterocycles. The van der Waals surface area contributed by atoms with Crippen LogP contribution in [0.3, 0.4) is 0 Å². The number of piperazine rings is 1. The molecular formula is C20H27FN6O. The van der Waals surface area contributed by atoms with Gasteiger partial charge in [0.15, 0.2) is 11.6 Å². The molecule has 1 fully saturated rings. The number of benzene rings is 1. The molecule has 150 valence electrons. The Morgan fingerprint density at radius 1 is 1.25 bits per heavy atom. The standard InChI is InChI=1S/C20H27FN6O/c1-4-26-5-7-27(8-6-26)19-11-17(22-12-23-19)20-14-9-18(28-13(2)3)15(21)10-16(14)24-25-20/h9-13,17H,4-8H2,1-3H3,(H,22,23)(H,24,25). The third kappa shape index (κ3) is 3.69. The zero-order chi connectivity index (χ0) is 19.7. The normalized spacial score (nSPS) is 20.5. The number of aromatic nitrogens is 2. The molecule has 1 aromatic carbocycles. The first-order chi connectivity index (χ1) is 13.5. The largest absolute Gasteiger partial charge is 0.488 e. The molecule has 0 radical (unpaired) electrons. The Morgan fingerprint density at radius 2 is 2.04 bits per heavy atom. The van der Waals surface area contributed by atoms with Crippen molar-refractivity contribution in [3.05, 3.63) is 35.5 Å². The first-order valence-corrected chi connectivity index (χ1v) is 9.87. The Kier molecular flexibility index (Phi) is 5.21. The van der Waals surface area contributed by atoms with Gasteiger partial charge in [-0.25, -0.2) is 9.38 Å². The average molecular weight is 386 g/mol. The van der Waals surface area contributed by atoms with E-state index in [4.69, 9.17) is 4.74 Å². The predicted octanol–water partition coefficient (Wildman–Crippen LogP) is 2.64. The van der Waals surface area contributed by atoms with Crippen molar-refractivity contribution in [3.8, 4) is 5.75 Å². The lowest BCUT2D eigenvalue weighted by atomic mass is 10.1. The molecule has 2 N–H and O–H groups in total. The van der Waals surface area contributed by atoms with Crippen LogP contribution in [0.25, 0.3) is 10.9 Å². The number of fused-ring (bicyclic) bond motifs is 1. The lowest BCUT2D eigenvalue weighted by molar-refractivity contribution is 0.163. The molecule has 1 saturated heterocycles. The third-order valence-electron chi connectivity index (χ3n) is 5.21. The van der Waals surface area contributed by atoms with Crippen molar-refractivity contribution in [3.63, 3.8) is 0 Å². The summed E-state index contributed by atoms with van der Waals surface area (Å²) in [4.78, 5) is 9.26. The molecule has 2 aromatic rings. The summed E-state index contributed by atoms with van der Waals surface area (Å²) in [6.07, 6.45) is 3.71. The molecule has 1 atom stereocenters. The van der Waals surface area contributed by atoms with Gasteiger partial charge < -0.3 is 19.9 Å². The Labute approximate surface area is 164 Å². The van der Waals surface area contributed by atoms with Crippen LogP contribution in [0.1, 0.15) is 32.5 Å². The van der Waals surface area contributed by atoms with E-state index in [9.17, 15) is 4.39 Å². The number of nitrogens with zero attached hydrogens (tertiary/aromatic N) is 4. The maximum Gasteiger partial charge on any atom is 0.167 e. The first kappa shape index (κ1) is 18.7. The highest BCUT2D eigenvalue weighted by Gasteiger charge is 2.24. The van der Waals surface area contributed by atoms with Crippen LogP contribution in [0.2, 0.25) is 0 Å². The van der Waals surface area contributed by atoms with E-state index in [-0.39, 0.29) is 23.7 Å². The molecule has 4 rings (SSSR count). The maximum absolute atomic E-state index is 14.3. The van der Waals surface area contributed by atoms with E-state index < -0.39 is 0 Å². The minimum Gasteiger partial charge on any atom is -0.488 e. The van der Waals surface area contributed by atoms with Crippen LogP contribution in [0.15, 0.2) is 29.0 Å². The monoisotopic (exact) mass is 386 g/mol. The number of likely N-dealkylation sites (N-methyl/N-ethyl adjacent to an activating group) is 1. The molecule has 2 aliphatic rings. The van der Waals surface area contributed by atoms with Gasteiger partial charge in [0.2, 0.25) is 0 Å². The van der Waals surface area contributed by atoms with E-state index >= 15 is 0 Å². The van der Waals surface area contributed by atoms with Crippen molar-refractivity contribution in [1.29, 1.82) is 0 Å². The Hall–Kier alpha value is -2.61. The molecule has 7 nitrogen and oxygen atoms in total. The Bertz CT molecular complexity index is 897. The lowest BCUT2D eigenvalue weighted by Crippen LogP contribution is -2.46. The van der Waals surface area contributed by atoms with Gasteiger partial charge in [0.25, 0.3) is 0 Å². The van der Waals surface area contributed by atoms with Crippen LogP contribution < -0.4 is 10.1 Å². The molecule has 8 heteroatoms. The van der Waals surface area contributed by atoms with E-state index in [1.807, 2.05) is 13.8 Å². The van der Waals surface area contributed by atoms with Gasteiger partial charge in [-0.2, -0.15) is 5.10 Å². The van der Waals surface area contributed by atoms with Crippen molar-refractivity contribution in [2.24, 2.45) is 4.99 Å². The van der Waals surface area contributed by atoms with Crippen LogP contribution in [-0.2, 0) is 0 Å². The minimum atomic E-state index is -0.389. The average Bonchev–Trinajstić information content (AvgIpc) is 3.10. The highest BCUT2D eigenvalue weighted by molar-refractivity contribution is 5.84. The van der Waals surface area contributed by atoms with Gasteiger partial charge in [-0.15, -0.1) is 0 Å². The molecule has 1 aromatic heterocycles. The number of rotatable bonds is 5. The van der Waals surface area contributed by atoms with Crippen molar-refractivity contribution < 1.29 is 9.13 Å². The summed E-state index contributed by atoms with van der Waals surface area (Å²) < 4.78 is 19.9. The highest BCUT2D eigenvalue weighted by Crippen LogP contribution is 2.31. The summed E-state index contributed by atoms with van der Waals surface area (Å²) >= 11 is 0. The number of nitrogens with one attached hydrogen (secondary N) is 2. The summed E-state index contributed by atoms with van der Waals surface area (Å²) in [5.74, 6) is 0.811. The van der Waals surface area contributed by atoms with Gasteiger partial charge in [0, 0.05) is 37.6 Å². The quantitative estimate of drug-likeness (QED) is 0.827. The van der Waals surface area contributed by atoms with Crippen LogP contribution >= 0.6 is 0 Å². The molecule has 0 amide bonds. The number of aliphatic imine (C=N–C) groups is 1. The highest BCUT2D eigenvalue weighted by atomic mass is 19.1. The summed E-state index contributed by atoms with van der Waals surface area (Å²) in [5, 5.41) is 11.5. The number of ether oxygens (including phenoxy) is 1. The fourth-order valence-electron chi connectivity index (χ4n) is 3.68. The molecule has 0 spiro atoms. The fourth-order valence-corrected chi connectivity index (χ4v) is 3.68. The SMILES string of the molecule is CCN1CCN(C2=CC(c3n[nH]c4cc(F)c(OC(C)C)cc34)NC=N2)CC1. The summed E-state index contributed by atoms with van der Waals surface area (Å²) in [6, 6.07) is 3.03. The van der Waals surface area contributed by atoms with Gasteiger partial charge in [0.05, 0.1) is 29.7 Å². The Morgan fingerprint density at radius 3 is 2.75 bits per heavy atom. The molecule has 28 heavy (non-hydrogen) atoms. The predicted molar refractivity (Wildman–Crippen MR) is 108 cm³/mol. The fraction of sp³-hybridized carbons (Fsp3) is 0.500. The summed E-state index contributed by atoms with van der Waals surface area (Å²) in [7, 11) is 0. The van der Waals surface area contributed by atoms with Gasteiger partial charge in [-0.3, -0.25) is 5.10 Å². The topological polar surface area (TPSA) is 68.8 Å². The molecule has 0 aliphatic carbocycles. The molecule has 0 saturated carbocycles. The molecular weight excluding hydrogens is 359 g/mol. The summed E-state index contributed by atoms with van der Waals surface area (Å²) in [6.45, 7) is 11.0. The first-order valence-electron chi connectivity index (χ1n) is 9.87. The summed E-state index contributed by atoms with van der Waals surface area (Å²) in [5.41, 5.74) is 1.46. The van der Waals surface area contributed by atoms with Crippen LogP contribution in [-0.4, -0.2) is 65.2 Å². The van der Waals surface area contributed by atoms with Crippen molar-refractivity contribution in [1.82, 2.24) is 25.3 Å². The number of H-pyrrole nitrogens is 1. The number of halogens is 1. The number of hydrogen-bond acceptors (Lipinski definition) is 6. The molecule has 0 bridgehead atoms. The van der Waals surface area contributed by atoms with Gasteiger partial charge in [-0.05, 0) is 32.5 Å². The number of aromatic amines is 1. The van der Waals surface area contributed by atoms with E-state index in [0.29, 0.717) is 5.52 Å². The smallest absolute Gasteiger partial charge is 0.167 e. The van der Waals surface area contributed by atoms with Crippen molar-refractivity contribution in [2.75, 3.05) is 32.7 Å². The molecule has 1 unspecified atom stereocenters. The van der Waals surface area contributed by atoms with Crippen molar-refractivity contribution in [2.45, 2.75) is 32.9 Å². The Balaban J connectivity index is 1.60. The van der Waals surface area contributed by atoms with E-state index in [2.05, 4.69) is 43.3 Å². The van der Waals surface area contributed by atoms with E-state index in [1.54, 1.807) is 12.4 Å². The van der Waals surface area contributed by atoms with Gasteiger partial charge in [0.1, 0.15) is 5.82 Å². The minimum absolute atomic E-state index is 0.101. The van der Waals surface area contributed by atoms with E-state index in [1.165, 1.54) is 6.07 Å². The van der Waals surface area contributed by atoms with Crippen LogP contribution in [0.4, 0.5) is 4.39 Å². The lowest BCUT2D eigenvalue weighted by Gasteiger charge is -2.36. The third-order valence-corrected chi connectivity index (χ3v) is 5.21. The second-order valence-corrected chi connectivity index (χ2v) is 7.45. The van der Waals surface area contributed by atoms with E-state index in [0.717, 1.165) is 49.6 Å². The second kappa shape index (κ2) is 7.79. The second-order valence-electron chi connectivity index (χ2n) is 7.45. The van der Waals surface area contributed by atoms with Gasteiger partial charge >= 0.3 is 0 Å². The van der Waals surface area contributed by atoms with Gasteiger partial charge in [-0.1, -0.05) is 6.92 Å².